The van der Waals surface area contributed by atoms with Crippen LogP contribution in [0.4, 0.5) is 0 Å². The third-order valence-electron chi connectivity index (χ3n) is 5.04. The maximum atomic E-state index is 13.4. The number of benzene rings is 1. The van der Waals surface area contributed by atoms with Crippen molar-refractivity contribution in [3.8, 4) is 0 Å². The fraction of sp³-hybridized carbons (Fsp3) is 0.560. The van der Waals surface area contributed by atoms with Gasteiger partial charge in [-0.15, -0.1) is 0 Å². The topological polar surface area (TPSA) is 102 Å². The van der Waals surface area contributed by atoms with E-state index in [1.807, 2.05) is 70.2 Å². The Morgan fingerprint density at radius 1 is 0.970 bits per heavy atom. The summed E-state index contributed by atoms with van der Waals surface area (Å²) in [5.74, 6) is -2.49. The molecule has 8 nitrogen and oxygen atoms in total. The van der Waals surface area contributed by atoms with Gasteiger partial charge >= 0.3 is 0 Å². The van der Waals surface area contributed by atoms with Crippen LogP contribution in [0.25, 0.3) is 6.08 Å². The Morgan fingerprint density at radius 3 is 2.12 bits per heavy atom. The molecule has 0 heterocycles. The molecular weight excluding hydrogens is 420 g/mol. The summed E-state index contributed by atoms with van der Waals surface area (Å²) in [5, 5.41) is 10.7. The molecule has 3 amide bonds. The number of likely N-dealkylation sites (N-methyl/N-ethyl adjacent to an activating group) is 1. The molecule has 0 saturated carbocycles. The number of carbonyl (C=O) groups excluding carboxylic acids is 3. The van der Waals surface area contributed by atoms with Crippen LogP contribution < -0.4 is 10.9 Å². The van der Waals surface area contributed by atoms with Gasteiger partial charge < -0.3 is 4.90 Å². The third-order valence-corrected chi connectivity index (χ3v) is 5.04. The van der Waals surface area contributed by atoms with Crippen molar-refractivity contribution >= 4 is 23.8 Å². The summed E-state index contributed by atoms with van der Waals surface area (Å²) in [4.78, 5) is 40.4. The average Bonchev–Trinajstić information content (AvgIpc) is 2.74. The zero-order valence-electron chi connectivity index (χ0n) is 20.7. The Balaban J connectivity index is 3.12. The molecule has 2 atom stereocenters. The molecule has 3 N–H and O–H groups in total. The van der Waals surface area contributed by atoms with E-state index in [9.17, 15) is 19.6 Å². The first-order chi connectivity index (χ1) is 15.5. The molecule has 0 saturated heterocycles. The Labute approximate surface area is 197 Å². The highest BCUT2D eigenvalue weighted by Crippen LogP contribution is 2.25. The van der Waals surface area contributed by atoms with E-state index in [2.05, 4.69) is 5.43 Å². The Hall–Kier alpha value is -2.71. The number of nitrogens with one attached hydrogen (secondary N) is 2. The third kappa shape index (κ3) is 10.6. The van der Waals surface area contributed by atoms with E-state index in [1.165, 1.54) is 5.01 Å². The molecule has 0 spiro atoms. The molecule has 0 radical (unpaired) electrons. The van der Waals surface area contributed by atoms with Crippen molar-refractivity contribution in [2.24, 2.45) is 23.7 Å². The fourth-order valence-electron chi connectivity index (χ4n) is 3.56. The van der Waals surface area contributed by atoms with Crippen molar-refractivity contribution in [3.63, 3.8) is 0 Å². The fourth-order valence-corrected chi connectivity index (χ4v) is 3.56. The van der Waals surface area contributed by atoms with E-state index in [0.717, 1.165) is 5.56 Å². The predicted octanol–water partition coefficient (Wildman–Crippen LogP) is 2.95. The average molecular weight is 461 g/mol. The van der Waals surface area contributed by atoms with Crippen LogP contribution in [-0.4, -0.2) is 60.0 Å². The molecule has 0 aromatic heterocycles. The maximum Gasteiger partial charge on any atom is 0.255 e. The minimum absolute atomic E-state index is 0.129. The molecule has 0 aliphatic carbocycles. The molecule has 1 aromatic carbocycles. The SMILES string of the molecule is CC(C)C[C@@H](C(=O)NN(CC(C)C)C(=O)CN(C)C)[C@H](CC=Cc1ccccc1)C(=O)NO. The number of allylic oxidation sites excluding steroid dienone is 1. The van der Waals surface area contributed by atoms with Gasteiger partial charge in [0.05, 0.1) is 18.4 Å². The highest BCUT2D eigenvalue weighted by atomic mass is 16.5. The standard InChI is InChI=1S/C25H40N4O4/c1-18(2)15-22(24(31)26-29(16-19(3)4)23(30)17-28(5)6)21(25(32)27-33)14-10-13-20-11-8-7-9-12-20/h7-13,18-19,21-22,33H,14-17H2,1-6H3,(H,26,31)(H,27,32)/t21-,22+/m0/s1. The molecule has 184 valence electrons. The molecule has 0 aliphatic heterocycles. The molecule has 0 bridgehead atoms. The highest BCUT2D eigenvalue weighted by Gasteiger charge is 2.35. The van der Waals surface area contributed by atoms with E-state index in [4.69, 9.17) is 0 Å². The number of hydrazine groups is 1. The van der Waals surface area contributed by atoms with Crippen molar-refractivity contribution in [1.82, 2.24) is 20.8 Å². The van der Waals surface area contributed by atoms with Crippen LogP contribution in [0.5, 0.6) is 0 Å². The smallest absolute Gasteiger partial charge is 0.255 e. The summed E-state index contributed by atoms with van der Waals surface area (Å²) in [5.41, 5.74) is 5.45. The van der Waals surface area contributed by atoms with Gasteiger partial charge in [-0.3, -0.25) is 30.0 Å². The zero-order valence-corrected chi connectivity index (χ0v) is 20.7. The normalized spacial score (nSPS) is 13.4. The van der Waals surface area contributed by atoms with Gasteiger partial charge in [-0.1, -0.05) is 70.2 Å². The molecular formula is C25H40N4O4. The first-order valence-corrected chi connectivity index (χ1v) is 11.5. The molecule has 0 fully saturated rings. The van der Waals surface area contributed by atoms with Gasteiger partial charge in [-0.2, -0.15) is 0 Å². The number of hydroxylamine groups is 1. The molecule has 1 rings (SSSR count). The quantitative estimate of drug-likeness (QED) is 0.329. The largest absolute Gasteiger partial charge is 0.301 e. The molecule has 8 heteroatoms. The van der Waals surface area contributed by atoms with E-state index in [0.29, 0.717) is 13.0 Å². The minimum atomic E-state index is -0.790. The monoisotopic (exact) mass is 460 g/mol. The highest BCUT2D eigenvalue weighted by molar-refractivity contribution is 5.89. The second-order valence-corrected chi connectivity index (χ2v) is 9.48. The Bertz CT molecular complexity index is 778. The molecule has 0 unspecified atom stereocenters. The summed E-state index contributed by atoms with van der Waals surface area (Å²) >= 11 is 0. The first kappa shape index (κ1) is 28.3. The van der Waals surface area contributed by atoms with Crippen molar-refractivity contribution < 1.29 is 19.6 Å². The van der Waals surface area contributed by atoms with Crippen molar-refractivity contribution in [2.45, 2.75) is 40.5 Å². The van der Waals surface area contributed by atoms with E-state index in [1.54, 1.807) is 24.5 Å². The molecule has 33 heavy (non-hydrogen) atoms. The van der Waals surface area contributed by atoms with E-state index < -0.39 is 23.7 Å². The summed E-state index contributed by atoms with van der Waals surface area (Å²) in [6.07, 6.45) is 4.41. The van der Waals surface area contributed by atoms with Gasteiger partial charge in [0.15, 0.2) is 0 Å². The number of rotatable bonds is 12. The lowest BCUT2D eigenvalue weighted by Crippen LogP contribution is -2.53. The Morgan fingerprint density at radius 2 is 1.61 bits per heavy atom. The van der Waals surface area contributed by atoms with Crippen LogP contribution in [0.3, 0.4) is 0 Å². The van der Waals surface area contributed by atoms with Gasteiger partial charge in [0.25, 0.3) is 5.91 Å². The maximum absolute atomic E-state index is 13.4. The van der Waals surface area contributed by atoms with Crippen LogP contribution in [0, 0.1) is 23.7 Å². The van der Waals surface area contributed by atoms with Crippen LogP contribution >= 0.6 is 0 Å². The van der Waals surface area contributed by atoms with Crippen LogP contribution in [0.2, 0.25) is 0 Å². The molecule has 0 aliphatic rings. The van der Waals surface area contributed by atoms with Crippen molar-refractivity contribution in [1.29, 1.82) is 0 Å². The minimum Gasteiger partial charge on any atom is -0.301 e. The lowest BCUT2D eigenvalue weighted by atomic mass is 9.82. The van der Waals surface area contributed by atoms with E-state index in [-0.39, 0.29) is 30.7 Å². The summed E-state index contributed by atoms with van der Waals surface area (Å²) in [6, 6.07) is 9.64. The number of amides is 3. The van der Waals surface area contributed by atoms with Crippen LogP contribution in [0.1, 0.15) is 46.1 Å². The van der Waals surface area contributed by atoms with Crippen molar-refractivity contribution in [3.05, 3.63) is 42.0 Å². The number of carbonyl (C=O) groups is 3. The predicted molar refractivity (Wildman–Crippen MR) is 130 cm³/mol. The van der Waals surface area contributed by atoms with Crippen molar-refractivity contribution in [2.75, 3.05) is 27.2 Å². The summed E-state index contributed by atoms with van der Waals surface area (Å²) in [6.45, 7) is 8.38. The second kappa shape index (κ2) is 14.4. The van der Waals surface area contributed by atoms with Gasteiger partial charge in [-0.25, -0.2) is 5.48 Å². The zero-order chi connectivity index (χ0) is 25.0. The van der Waals surface area contributed by atoms with Gasteiger partial charge in [0.1, 0.15) is 0 Å². The van der Waals surface area contributed by atoms with E-state index >= 15 is 0 Å². The van der Waals surface area contributed by atoms with Crippen LogP contribution in [-0.2, 0) is 14.4 Å². The number of hydrogen-bond donors (Lipinski definition) is 3. The van der Waals surface area contributed by atoms with Crippen LogP contribution in [0.15, 0.2) is 36.4 Å². The van der Waals surface area contributed by atoms with Gasteiger partial charge in [0, 0.05) is 6.54 Å². The first-order valence-electron chi connectivity index (χ1n) is 11.5. The number of hydrogen-bond acceptors (Lipinski definition) is 5. The Kier molecular flexibility index (Phi) is 12.4. The molecule has 1 aromatic rings. The van der Waals surface area contributed by atoms with Gasteiger partial charge in [-0.05, 0) is 44.3 Å². The summed E-state index contributed by atoms with van der Waals surface area (Å²) < 4.78 is 0. The van der Waals surface area contributed by atoms with Gasteiger partial charge in [0.2, 0.25) is 11.8 Å². The lowest BCUT2D eigenvalue weighted by molar-refractivity contribution is -0.148. The summed E-state index contributed by atoms with van der Waals surface area (Å²) in [7, 11) is 3.57. The second-order valence-electron chi connectivity index (χ2n) is 9.48. The lowest BCUT2D eigenvalue weighted by Gasteiger charge is -2.31. The number of nitrogens with zero attached hydrogens (tertiary/aromatic N) is 2.